The smallest absolute Gasteiger partial charge is 0.253 e. The van der Waals surface area contributed by atoms with E-state index in [1.807, 2.05) is 24.2 Å². The number of pyridine rings is 1. The molecule has 1 saturated heterocycles. The second-order valence-corrected chi connectivity index (χ2v) is 10.3. The number of H-pyrrole nitrogens is 1. The number of hydrogen-bond donors (Lipinski definition) is 2. The van der Waals surface area contributed by atoms with Gasteiger partial charge in [-0.15, -0.1) is 0 Å². The lowest BCUT2D eigenvalue weighted by Crippen LogP contribution is -2.39. The molecule has 3 aromatic rings. The molecule has 3 heterocycles. The van der Waals surface area contributed by atoms with E-state index >= 15 is 4.39 Å². The SMILES string of the molecule is CC(C)c1c(-c2cn(C)c(=O)c3c2CCC3)[nH]c2cc(F)c(C3CCN(CC(N)=O)CC3)cc12. The fourth-order valence-corrected chi connectivity index (χ4v) is 6.04. The second-order valence-electron chi connectivity index (χ2n) is 10.3. The van der Waals surface area contributed by atoms with Crippen LogP contribution in [0.5, 0.6) is 0 Å². The molecule has 34 heavy (non-hydrogen) atoms. The maximum atomic E-state index is 15.3. The van der Waals surface area contributed by atoms with E-state index in [1.54, 1.807) is 10.6 Å². The minimum atomic E-state index is -0.322. The molecule has 0 radical (unpaired) electrons. The van der Waals surface area contributed by atoms with Crippen molar-refractivity contribution in [1.82, 2.24) is 14.5 Å². The number of nitrogens with one attached hydrogen (secondary N) is 1. The largest absolute Gasteiger partial charge is 0.369 e. The first-order chi connectivity index (χ1) is 16.2. The number of piperidine rings is 1. The van der Waals surface area contributed by atoms with Crippen LogP contribution in [0.15, 0.2) is 23.1 Å². The summed E-state index contributed by atoms with van der Waals surface area (Å²) in [5.74, 6) is -0.158. The van der Waals surface area contributed by atoms with Crippen molar-refractivity contribution in [2.75, 3.05) is 19.6 Å². The lowest BCUT2D eigenvalue weighted by atomic mass is 9.87. The van der Waals surface area contributed by atoms with Gasteiger partial charge in [-0.1, -0.05) is 13.8 Å². The van der Waals surface area contributed by atoms with Gasteiger partial charge < -0.3 is 15.3 Å². The molecule has 0 unspecified atom stereocenters. The van der Waals surface area contributed by atoms with Crippen LogP contribution in [-0.2, 0) is 24.7 Å². The molecule has 7 heteroatoms. The third-order valence-corrected chi connectivity index (χ3v) is 7.65. The van der Waals surface area contributed by atoms with E-state index in [0.717, 1.165) is 84.0 Å². The number of carbonyl (C=O) groups excluding carboxylic acids is 1. The number of nitrogens with zero attached hydrogens (tertiary/aromatic N) is 2. The van der Waals surface area contributed by atoms with E-state index in [9.17, 15) is 9.59 Å². The number of rotatable bonds is 5. The first-order valence-electron chi connectivity index (χ1n) is 12.3. The average Bonchev–Trinajstić information content (AvgIpc) is 3.41. The Labute approximate surface area is 198 Å². The van der Waals surface area contributed by atoms with Gasteiger partial charge in [-0.2, -0.15) is 0 Å². The highest BCUT2D eigenvalue weighted by Crippen LogP contribution is 2.41. The molecule has 180 valence electrons. The molecule has 6 nitrogen and oxygen atoms in total. The second kappa shape index (κ2) is 8.69. The van der Waals surface area contributed by atoms with Gasteiger partial charge in [-0.3, -0.25) is 14.5 Å². The summed E-state index contributed by atoms with van der Waals surface area (Å²) < 4.78 is 17.0. The Kier molecular flexibility index (Phi) is 5.84. The Morgan fingerprint density at radius 2 is 1.91 bits per heavy atom. The molecule has 5 rings (SSSR count). The third kappa shape index (κ3) is 3.86. The number of hydrogen-bond acceptors (Lipinski definition) is 3. The molecule has 1 aromatic carbocycles. The van der Waals surface area contributed by atoms with Gasteiger partial charge in [0.1, 0.15) is 5.82 Å². The summed E-state index contributed by atoms with van der Waals surface area (Å²) in [6, 6.07) is 3.68. The number of halogens is 1. The Balaban J connectivity index is 1.59. The standard InChI is InChI=1S/C27H33FN4O2/c1-15(2)25-20-11-19(16-7-9-32(10-8-16)14-24(29)33)22(28)12-23(20)30-26(25)21-13-31(3)27(34)18-6-4-5-17(18)21/h11-13,15-16,30H,4-10,14H2,1-3H3,(H2,29,33). The monoisotopic (exact) mass is 464 g/mol. The number of fused-ring (bicyclic) bond motifs is 2. The number of carbonyl (C=O) groups is 1. The van der Waals surface area contributed by atoms with Gasteiger partial charge >= 0.3 is 0 Å². The van der Waals surface area contributed by atoms with Crippen molar-refractivity contribution in [1.29, 1.82) is 0 Å². The van der Waals surface area contributed by atoms with Gasteiger partial charge in [0.25, 0.3) is 5.56 Å². The Morgan fingerprint density at radius 3 is 2.59 bits per heavy atom. The summed E-state index contributed by atoms with van der Waals surface area (Å²) in [7, 11) is 1.81. The Bertz CT molecular complexity index is 1330. The summed E-state index contributed by atoms with van der Waals surface area (Å²) in [6.45, 7) is 6.07. The molecule has 3 N–H and O–H groups in total. The molecule has 1 fully saturated rings. The fourth-order valence-electron chi connectivity index (χ4n) is 6.04. The van der Waals surface area contributed by atoms with Crippen LogP contribution < -0.4 is 11.3 Å². The molecular weight excluding hydrogens is 431 g/mol. The molecule has 1 aliphatic carbocycles. The van der Waals surface area contributed by atoms with Crippen LogP contribution in [0.3, 0.4) is 0 Å². The lowest BCUT2D eigenvalue weighted by molar-refractivity contribution is -0.119. The van der Waals surface area contributed by atoms with Crippen LogP contribution in [0.4, 0.5) is 4.39 Å². The van der Waals surface area contributed by atoms with Crippen molar-refractivity contribution in [3.05, 3.63) is 56.8 Å². The van der Waals surface area contributed by atoms with Gasteiger partial charge in [-0.05, 0) is 85.9 Å². The van der Waals surface area contributed by atoms with E-state index in [2.05, 4.69) is 18.8 Å². The minimum Gasteiger partial charge on any atom is -0.369 e. The molecule has 0 atom stereocenters. The summed E-state index contributed by atoms with van der Waals surface area (Å²) in [5.41, 5.74) is 12.3. The van der Waals surface area contributed by atoms with Gasteiger partial charge in [0.15, 0.2) is 0 Å². The number of aromatic amines is 1. The van der Waals surface area contributed by atoms with Crippen molar-refractivity contribution in [3.8, 4) is 11.3 Å². The van der Waals surface area contributed by atoms with Crippen molar-refractivity contribution in [3.63, 3.8) is 0 Å². The zero-order valence-electron chi connectivity index (χ0n) is 20.2. The predicted octanol–water partition coefficient (Wildman–Crippen LogP) is 3.95. The topological polar surface area (TPSA) is 84.1 Å². The summed E-state index contributed by atoms with van der Waals surface area (Å²) in [5, 5.41) is 1.06. The van der Waals surface area contributed by atoms with E-state index < -0.39 is 0 Å². The van der Waals surface area contributed by atoms with Crippen molar-refractivity contribution in [2.24, 2.45) is 12.8 Å². The zero-order chi connectivity index (χ0) is 24.1. The molecular formula is C27H33FN4O2. The summed E-state index contributed by atoms with van der Waals surface area (Å²) >= 11 is 0. The van der Waals surface area contributed by atoms with Crippen molar-refractivity contribution >= 4 is 16.8 Å². The Hall–Kier alpha value is -2.93. The highest BCUT2D eigenvalue weighted by atomic mass is 19.1. The number of nitrogens with two attached hydrogens (primary N) is 1. The lowest BCUT2D eigenvalue weighted by Gasteiger charge is -2.31. The third-order valence-electron chi connectivity index (χ3n) is 7.65. The highest BCUT2D eigenvalue weighted by molar-refractivity contribution is 5.92. The molecule has 0 bridgehead atoms. The fraction of sp³-hybridized carbons (Fsp3) is 0.481. The van der Waals surface area contributed by atoms with Gasteiger partial charge in [0.2, 0.25) is 5.91 Å². The minimum absolute atomic E-state index is 0.0921. The quantitative estimate of drug-likeness (QED) is 0.600. The molecule has 2 aliphatic rings. The average molecular weight is 465 g/mol. The zero-order valence-corrected chi connectivity index (χ0v) is 20.2. The van der Waals surface area contributed by atoms with Crippen molar-refractivity contribution < 1.29 is 9.18 Å². The van der Waals surface area contributed by atoms with Crippen molar-refractivity contribution in [2.45, 2.75) is 57.8 Å². The molecule has 1 amide bonds. The van der Waals surface area contributed by atoms with Crippen LogP contribution >= 0.6 is 0 Å². The predicted molar refractivity (Wildman–Crippen MR) is 133 cm³/mol. The first-order valence-corrected chi connectivity index (χ1v) is 12.3. The van der Waals surface area contributed by atoms with Crippen LogP contribution in [0.1, 0.15) is 67.2 Å². The number of likely N-dealkylation sites (tertiary alicyclic amines) is 1. The molecule has 2 aromatic heterocycles. The Morgan fingerprint density at radius 1 is 1.21 bits per heavy atom. The number of aromatic nitrogens is 2. The van der Waals surface area contributed by atoms with E-state index in [4.69, 9.17) is 5.73 Å². The van der Waals surface area contributed by atoms with Crippen LogP contribution in [0.2, 0.25) is 0 Å². The molecule has 0 spiro atoms. The molecule has 1 aliphatic heterocycles. The van der Waals surface area contributed by atoms with E-state index in [1.165, 1.54) is 5.56 Å². The molecule has 0 saturated carbocycles. The van der Waals surface area contributed by atoms with Crippen LogP contribution in [0, 0.1) is 5.82 Å². The van der Waals surface area contributed by atoms with Gasteiger partial charge in [-0.25, -0.2) is 4.39 Å². The number of aryl methyl sites for hydroxylation is 1. The number of amides is 1. The van der Waals surface area contributed by atoms with Gasteiger partial charge in [0, 0.05) is 35.3 Å². The normalized spacial score (nSPS) is 17.1. The summed E-state index contributed by atoms with van der Waals surface area (Å²) in [4.78, 5) is 29.5. The highest BCUT2D eigenvalue weighted by Gasteiger charge is 2.28. The van der Waals surface area contributed by atoms with E-state index in [0.29, 0.717) is 0 Å². The maximum Gasteiger partial charge on any atom is 0.253 e. The van der Waals surface area contributed by atoms with Crippen LogP contribution in [-0.4, -0.2) is 40.0 Å². The summed E-state index contributed by atoms with van der Waals surface area (Å²) in [6.07, 6.45) is 6.26. The van der Waals surface area contributed by atoms with Gasteiger partial charge in [0.05, 0.1) is 12.2 Å². The number of primary amides is 1. The van der Waals surface area contributed by atoms with Crippen LogP contribution in [0.25, 0.3) is 22.2 Å². The first kappa shape index (κ1) is 22.8. The van der Waals surface area contributed by atoms with E-state index in [-0.39, 0.29) is 35.7 Å². The maximum absolute atomic E-state index is 15.3. The number of benzene rings is 1.